The summed E-state index contributed by atoms with van der Waals surface area (Å²) >= 11 is 0. The number of fused-ring (bicyclic) bond motifs is 10. The molecule has 1 aliphatic carbocycles. The van der Waals surface area contributed by atoms with Gasteiger partial charge in [-0.15, -0.1) is 0 Å². The summed E-state index contributed by atoms with van der Waals surface area (Å²) in [6.45, 7) is 5.78. The third kappa shape index (κ3) is 3.18. The van der Waals surface area contributed by atoms with E-state index in [2.05, 4.69) is 40.2 Å². The molecule has 2 amide bonds. The summed E-state index contributed by atoms with van der Waals surface area (Å²) in [4.78, 5) is 25.9. The van der Waals surface area contributed by atoms with Crippen molar-refractivity contribution < 1.29 is 14.0 Å². The number of nitrogens with zero attached hydrogens (tertiary/aromatic N) is 3. The van der Waals surface area contributed by atoms with Crippen molar-refractivity contribution in [3.05, 3.63) is 70.9 Å². The zero-order valence-electron chi connectivity index (χ0n) is 21.0. The number of aromatic nitrogens is 3. The number of carbonyl (C=O) groups excluding carboxylic acids is 2. The molecule has 186 valence electrons. The monoisotopic (exact) mass is 493 g/mol. The summed E-state index contributed by atoms with van der Waals surface area (Å²) in [5.74, 6) is 0.369. The summed E-state index contributed by atoms with van der Waals surface area (Å²) in [5.41, 5.74) is 9.13. The van der Waals surface area contributed by atoms with Crippen molar-refractivity contribution in [2.75, 3.05) is 5.32 Å². The average molecular weight is 494 g/mol. The topological polar surface area (TPSA) is 94.1 Å². The Kier molecular flexibility index (Phi) is 4.64. The Bertz CT molecular complexity index is 1750. The maximum absolute atomic E-state index is 13.2. The van der Waals surface area contributed by atoms with Crippen LogP contribution in [0.3, 0.4) is 0 Å². The summed E-state index contributed by atoms with van der Waals surface area (Å²) in [5, 5.41) is 12.9. The average Bonchev–Trinajstić information content (AvgIpc) is 3.64. The minimum atomic E-state index is -0.293. The third-order valence-corrected chi connectivity index (χ3v) is 7.49. The molecule has 8 nitrogen and oxygen atoms in total. The Hall–Kier alpha value is -4.33. The van der Waals surface area contributed by atoms with E-state index in [0.717, 1.165) is 63.6 Å². The summed E-state index contributed by atoms with van der Waals surface area (Å²) in [6, 6.07) is 9.39. The second kappa shape index (κ2) is 7.83. The lowest BCUT2D eigenvalue weighted by molar-refractivity contribution is 0.0964. The molecule has 2 aliphatic rings. The number of anilines is 1. The summed E-state index contributed by atoms with van der Waals surface area (Å²) in [7, 11) is 1.94. The van der Waals surface area contributed by atoms with Crippen LogP contribution in [0.25, 0.3) is 32.9 Å². The van der Waals surface area contributed by atoms with Gasteiger partial charge in [0.15, 0.2) is 5.76 Å². The molecule has 0 radical (unpaired) electrons. The molecule has 1 aliphatic heterocycles. The minimum absolute atomic E-state index is 0.0307. The maximum Gasteiger partial charge on any atom is 0.291 e. The van der Waals surface area contributed by atoms with Crippen molar-refractivity contribution >= 4 is 39.3 Å². The quantitative estimate of drug-likeness (QED) is 0.367. The number of nitrogens with one attached hydrogen (secondary N) is 2. The highest BCUT2D eigenvalue weighted by Gasteiger charge is 2.35. The highest BCUT2D eigenvalue weighted by molar-refractivity contribution is 6.20. The number of amides is 2. The normalized spacial score (nSPS) is 14.2. The van der Waals surface area contributed by atoms with Gasteiger partial charge in [-0.25, -0.2) is 0 Å². The molecule has 5 aromatic rings. The summed E-state index contributed by atoms with van der Waals surface area (Å²) < 4.78 is 9.53. The highest BCUT2D eigenvalue weighted by atomic mass is 16.3. The second-order valence-electron chi connectivity index (χ2n) is 10.4. The van der Waals surface area contributed by atoms with E-state index >= 15 is 0 Å². The lowest BCUT2D eigenvalue weighted by Gasteiger charge is -2.22. The van der Waals surface area contributed by atoms with Crippen LogP contribution in [0, 0.1) is 5.92 Å². The molecule has 0 fully saturated rings. The van der Waals surface area contributed by atoms with Gasteiger partial charge < -0.3 is 19.6 Å². The van der Waals surface area contributed by atoms with E-state index in [1.54, 1.807) is 12.1 Å². The molecule has 2 aromatic carbocycles. The molecule has 8 heteroatoms. The van der Waals surface area contributed by atoms with Crippen LogP contribution in [0.5, 0.6) is 0 Å². The van der Waals surface area contributed by atoms with Crippen molar-refractivity contribution in [2.45, 2.75) is 39.8 Å². The number of hydrogen-bond donors (Lipinski definition) is 2. The largest absolute Gasteiger partial charge is 0.459 e. The van der Waals surface area contributed by atoms with Crippen LogP contribution in [-0.4, -0.2) is 26.2 Å². The van der Waals surface area contributed by atoms with E-state index in [1.807, 2.05) is 30.1 Å². The van der Waals surface area contributed by atoms with E-state index < -0.39 is 0 Å². The smallest absolute Gasteiger partial charge is 0.291 e. The number of rotatable bonds is 4. The molecule has 0 saturated carbocycles. The minimum Gasteiger partial charge on any atom is -0.459 e. The van der Waals surface area contributed by atoms with Crippen molar-refractivity contribution in [1.29, 1.82) is 0 Å². The van der Waals surface area contributed by atoms with Gasteiger partial charge in [0.25, 0.3) is 11.8 Å². The molecular weight excluding hydrogens is 466 g/mol. The summed E-state index contributed by atoms with van der Waals surface area (Å²) in [6.07, 6.45) is 5.20. The predicted octanol–water partition coefficient (Wildman–Crippen LogP) is 5.04. The van der Waals surface area contributed by atoms with Gasteiger partial charge in [-0.2, -0.15) is 5.10 Å². The Morgan fingerprint density at radius 3 is 2.84 bits per heavy atom. The predicted molar refractivity (Wildman–Crippen MR) is 142 cm³/mol. The number of aryl methyl sites for hydroxylation is 3. The van der Waals surface area contributed by atoms with Gasteiger partial charge in [-0.1, -0.05) is 13.8 Å². The molecular formula is C29H27N5O3. The number of hydrogen-bond acceptors (Lipinski definition) is 4. The molecule has 0 atom stereocenters. The third-order valence-electron chi connectivity index (χ3n) is 7.49. The molecule has 7 rings (SSSR count). The maximum atomic E-state index is 13.2. The van der Waals surface area contributed by atoms with E-state index in [-0.39, 0.29) is 17.6 Å². The Balaban J connectivity index is 1.54. The van der Waals surface area contributed by atoms with Crippen molar-refractivity contribution in [2.24, 2.45) is 13.0 Å². The zero-order valence-corrected chi connectivity index (χ0v) is 21.0. The molecule has 0 unspecified atom stereocenters. The van der Waals surface area contributed by atoms with E-state index in [9.17, 15) is 9.59 Å². The van der Waals surface area contributed by atoms with Gasteiger partial charge in [-0.05, 0) is 60.2 Å². The molecule has 0 saturated heterocycles. The van der Waals surface area contributed by atoms with Gasteiger partial charge in [0.2, 0.25) is 0 Å². The molecule has 4 heterocycles. The van der Waals surface area contributed by atoms with Crippen molar-refractivity contribution in [3.8, 4) is 11.1 Å². The van der Waals surface area contributed by atoms with Gasteiger partial charge in [0.1, 0.15) is 0 Å². The van der Waals surface area contributed by atoms with E-state index in [0.29, 0.717) is 18.2 Å². The van der Waals surface area contributed by atoms with E-state index in [1.165, 1.54) is 17.3 Å². The van der Waals surface area contributed by atoms with E-state index in [4.69, 9.17) is 4.42 Å². The van der Waals surface area contributed by atoms with Gasteiger partial charge >= 0.3 is 0 Å². The SMILES string of the molecule is CC(C)Cn1c2ccc(NC(=O)c3ccco3)cc2c2c3c(c4c(c21)CCc1nn(C)cc1-4)C(=O)NC3. The molecule has 2 N–H and O–H groups in total. The fraction of sp³-hybridized carbons (Fsp3) is 0.276. The van der Waals surface area contributed by atoms with Gasteiger partial charge in [0.05, 0.1) is 23.0 Å². The van der Waals surface area contributed by atoms with Crippen LogP contribution in [0.15, 0.2) is 47.2 Å². The molecule has 0 spiro atoms. The van der Waals surface area contributed by atoms with Crippen LogP contribution in [0.2, 0.25) is 0 Å². The van der Waals surface area contributed by atoms with Crippen molar-refractivity contribution in [1.82, 2.24) is 19.7 Å². The molecule has 37 heavy (non-hydrogen) atoms. The lowest BCUT2D eigenvalue weighted by Crippen LogP contribution is -2.15. The molecule has 3 aromatic heterocycles. The first kappa shape index (κ1) is 21.9. The van der Waals surface area contributed by atoms with Crippen molar-refractivity contribution in [3.63, 3.8) is 0 Å². The highest BCUT2D eigenvalue weighted by Crippen LogP contribution is 2.47. The molecule has 0 bridgehead atoms. The lowest BCUT2D eigenvalue weighted by atomic mass is 9.82. The van der Waals surface area contributed by atoms with Gasteiger partial charge in [0, 0.05) is 59.4 Å². The first-order chi connectivity index (χ1) is 17.9. The zero-order chi connectivity index (χ0) is 25.4. The first-order valence-corrected chi connectivity index (χ1v) is 12.7. The van der Waals surface area contributed by atoms with Crippen LogP contribution in [-0.2, 0) is 33.0 Å². The number of furan rings is 1. The fourth-order valence-electron chi connectivity index (χ4n) is 6.15. The number of benzene rings is 2. The Morgan fingerprint density at radius 2 is 2.05 bits per heavy atom. The van der Waals surface area contributed by atoms with Crippen LogP contribution in [0.4, 0.5) is 5.69 Å². The van der Waals surface area contributed by atoms with Crippen LogP contribution >= 0.6 is 0 Å². The van der Waals surface area contributed by atoms with Gasteiger partial charge in [-0.3, -0.25) is 14.3 Å². The first-order valence-electron chi connectivity index (χ1n) is 12.7. The number of carbonyl (C=O) groups is 2. The fourth-order valence-corrected chi connectivity index (χ4v) is 6.15. The standard InChI is InChI=1S/C29H27N5O3/c1-15(2)13-34-22-9-6-16(31-28(35)23-5-4-10-37-23)11-18(22)25-19-12-30-29(36)26(19)24-17(27(25)34)7-8-21-20(24)14-33(3)32-21/h4-6,9-11,14-15H,7-8,12-13H2,1-3H3,(H,30,36)(H,31,35). The Morgan fingerprint density at radius 1 is 1.19 bits per heavy atom. The Labute approximate surface area is 213 Å². The van der Waals surface area contributed by atoms with Crippen LogP contribution in [0.1, 0.15) is 51.6 Å². The second-order valence-corrected chi connectivity index (χ2v) is 10.4. The van der Waals surface area contributed by atoms with Crippen LogP contribution < -0.4 is 10.6 Å².